The summed E-state index contributed by atoms with van der Waals surface area (Å²) in [6, 6.07) is 19.6. The first-order valence-corrected chi connectivity index (χ1v) is 16.5. The molecule has 2 amide bonds. The van der Waals surface area contributed by atoms with Crippen molar-refractivity contribution in [3.8, 4) is 17.2 Å². The number of piperazine rings is 1. The van der Waals surface area contributed by atoms with Crippen LogP contribution in [-0.4, -0.2) is 74.4 Å². The molecule has 0 spiro atoms. The molecular formula is C31H32FN3O6S2. The molecule has 3 aromatic carbocycles. The van der Waals surface area contributed by atoms with Gasteiger partial charge in [0.2, 0.25) is 10.0 Å². The molecule has 3 aromatic rings. The number of benzene rings is 3. The number of thioether (sulfide) groups is 1. The number of halogens is 1. The van der Waals surface area contributed by atoms with Crippen LogP contribution in [0.2, 0.25) is 0 Å². The van der Waals surface area contributed by atoms with E-state index in [2.05, 4.69) is 4.90 Å². The minimum absolute atomic E-state index is 0.315. The number of hydrogen-bond acceptors (Lipinski definition) is 8. The van der Waals surface area contributed by atoms with Gasteiger partial charge in [-0.05, 0) is 103 Å². The largest absolute Gasteiger partial charge is 0.494 e. The predicted octanol–water partition coefficient (Wildman–Crippen LogP) is 5.60. The number of unbranched alkanes of at least 4 members (excludes halogenated alkanes) is 1. The van der Waals surface area contributed by atoms with Crippen LogP contribution in [-0.2, 0) is 14.8 Å². The van der Waals surface area contributed by atoms with Crippen LogP contribution in [0.4, 0.5) is 14.9 Å². The van der Waals surface area contributed by atoms with E-state index in [1.807, 2.05) is 0 Å². The highest BCUT2D eigenvalue weighted by Crippen LogP contribution is 2.36. The number of amides is 2. The van der Waals surface area contributed by atoms with E-state index >= 15 is 0 Å². The summed E-state index contributed by atoms with van der Waals surface area (Å²) in [5.74, 6) is 0.976. The van der Waals surface area contributed by atoms with Gasteiger partial charge in [-0.3, -0.25) is 9.59 Å². The Morgan fingerprint density at radius 3 is 2.07 bits per heavy atom. The number of ether oxygens (including phenoxy) is 2. The molecule has 2 fully saturated rings. The summed E-state index contributed by atoms with van der Waals surface area (Å²) in [4.78, 5) is 29.5. The Morgan fingerprint density at radius 1 is 0.837 bits per heavy atom. The number of rotatable bonds is 11. The van der Waals surface area contributed by atoms with Gasteiger partial charge in [-0.15, -0.1) is 0 Å². The molecule has 12 heteroatoms. The lowest BCUT2D eigenvalue weighted by molar-refractivity contribution is -0.113. The van der Waals surface area contributed by atoms with E-state index in [1.165, 1.54) is 34.8 Å². The molecule has 0 aliphatic carbocycles. The highest BCUT2D eigenvalue weighted by atomic mass is 32.2. The first-order chi connectivity index (χ1) is 20.7. The van der Waals surface area contributed by atoms with E-state index in [1.54, 1.807) is 54.6 Å². The molecule has 226 valence electrons. The summed E-state index contributed by atoms with van der Waals surface area (Å²) < 4.78 is 49.4. The first kappa shape index (κ1) is 30.7. The van der Waals surface area contributed by atoms with Crippen LogP contribution in [0.3, 0.4) is 0 Å². The molecule has 9 nitrogen and oxygen atoms in total. The van der Waals surface area contributed by atoms with Crippen molar-refractivity contribution in [3.05, 3.63) is 89.1 Å². The van der Waals surface area contributed by atoms with E-state index in [0.717, 1.165) is 54.7 Å². The fourth-order valence-electron chi connectivity index (χ4n) is 4.72. The summed E-state index contributed by atoms with van der Waals surface area (Å²) in [7, 11) is -3.12. The molecule has 43 heavy (non-hydrogen) atoms. The zero-order chi connectivity index (χ0) is 30.4. The van der Waals surface area contributed by atoms with Gasteiger partial charge in [0.25, 0.3) is 11.1 Å². The molecular weight excluding hydrogens is 593 g/mol. The summed E-state index contributed by atoms with van der Waals surface area (Å²) in [5.41, 5.74) is 1.20. The summed E-state index contributed by atoms with van der Waals surface area (Å²) in [6.45, 7) is 3.95. The number of imide groups is 1. The Kier molecular flexibility index (Phi) is 9.81. The molecule has 2 aliphatic rings. The van der Waals surface area contributed by atoms with Gasteiger partial charge in [0.1, 0.15) is 23.1 Å². The minimum atomic E-state index is -3.12. The topological polar surface area (TPSA) is 96.5 Å². The summed E-state index contributed by atoms with van der Waals surface area (Å²) >= 11 is 0.880. The number of hydrogen-bond donors (Lipinski definition) is 0. The molecule has 0 saturated carbocycles. The minimum Gasteiger partial charge on any atom is -0.494 e. The highest BCUT2D eigenvalue weighted by Gasteiger charge is 2.36. The van der Waals surface area contributed by atoms with Crippen molar-refractivity contribution in [3.63, 3.8) is 0 Å². The Morgan fingerprint density at radius 2 is 1.44 bits per heavy atom. The van der Waals surface area contributed by atoms with Gasteiger partial charge in [0, 0.05) is 26.2 Å². The van der Waals surface area contributed by atoms with Gasteiger partial charge in [-0.2, -0.15) is 4.31 Å². The molecule has 0 radical (unpaired) electrons. The van der Waals surface area contributed by atoms with Gasteiger partial charge >= 0.3 is 0 Å². The SMILES string of the molecule is CS(=O)(=O)N1CCN(CCCCOc2ccc(N3C(=O)S/C(=C\c4ccc(Oc5ccc(F)cc5)cc4)C3=O)cc2)CC1. The lowest BCUT2D eigenvalue weighted by atomic mass is 10.2. The number of sulfonamides is 1. The number of nitrogens with zero attached hydrogens (tertiary/aromatic N) is 3. The van der Waals surface area contributed by atoms with Crippen molar-refractivity contribution >= 4 is 44.7 Å². The van der Waals surface area contributed by atoms with Crippen LogP contribution >= 0.6 is 11.8 Å². The Balaban J connectivity index is 1.08. The molecule has 0 bridgehead atoms. The van der Waals surface area contributed by atoms with E-state index in [9.17, 15) is 22.4 Å². The highest BCUT2D eigenvalue weighted by molar-refractivity contribution is 8.19. The molecule has 2 heterocycles. The van der Waals surface area contributed by atoms with Crippen LogP contribution < -0.4 is 14.4 Å². The summed E-state index contributed by atoms with van der Waals surface area (Å²) in [5, 5.41) is -0.376. The van der Waals surface area contributed by atoms with Crippen LogP contribution in [0, 0.1) is 5.82 Å². The zero-order valence-electron chi connectivity index (χ0n) is 23.6. The second-order valence-electron chi connectivity index (χ2n) is 10.2. The maximum absolute atomic E-state index is 13.1. The average molecular weight is 626 g/mol. The van der Waals surface area contributed by atoms with Crippen molar-refractivity contribution in [2.45, 2.75) is 12.8 Å². The van der Waals surface area contributed by atoms with Gasteiger partial charge in [0.05, 0.1) is 23.5 Å². The zero-order valence-corrected chi connectivity index (χ0v) is 25.3. The van der Waals surface area contributed by atoms with Gasteiger partial charge in [-0.25, -0.2) is 17.7 Å². The van der Waals surface area contributed by atoms with Crippen LogP contribution in [0.15, 0.2) is 77.7 Å². The lowest BCUT2D eigenvalue weighted by Gasteiger charge is -2.33. The van der Waals surface area contributed by atoms with E-state index in [0.29, 0.717) is 47.5 Å². The van der Waals surface area contributed by atoms with Crippen LogP contribution in [0.5, 0.6) is 17.2 Å². The first-order valence-electron chi connectivity index (χ1n) is 13.9. The van der Waals surface area contributed by atoms with E-state index in [4.69, 9.17) is 9.47 Å². The monoisotopic (exact) mass is 625 g/mol. The van der Waals surface area contributed by atoms with Crippen LogP contribution in [0.1, 0.15) is 18.4 Å². The van der Waals surface area contributed by atoms with E-state index in [-0.39, 0.29) is 11.1 Å². The molecule has 2 aliphatic heterocycles. The average Bonchev–Trinajstić information content (AvgIpc) is 3.27. The van der Waals surface area contributed by atoms with Crippen molar-refractivity contribution in [2.24, 2.45) is 0 Å². The van der Waals surface area contributed by atoms with Gasteiger partial charge < -0.3 is 14.4 Å². The van der Waals surface area contributed by atoms with Gasteiger partial charge in [-0.1, -0.05) is 12.1 Å². The Bertz CT molecular complexity index is 1570. The van der Waals surface area contributed by atoms with Crippen molar-refractivity contribution < 1.29 is 31.9 Å². The van der Waals surface area contributed by atoms with Crippen molar-refractivity contribution in [1.82, 2.24) is 9.21 Å². The van der Waals surface area contributed by atoms with E-state index < -0.39 is 15.9 Å². The summed E-state index contributed by atoms with van der Waals surface area (Å²) in [6.07, 6.45) is 4.69. The molecule has 0 unspecified atom stereocenters. The van der Waals surface area contributed by atoms with Crippen LogP contribution in [0.25, 0.3) is 6.08 Å². The molecule has 0 N–H and O–H groups in total. The molecule has 2 saturated heterocycles. The Hall–Kier alpha value is -3.71. The fourth-order valence-corrected chi connectivity index (χ4v) is 6.38. The molecule has 0 aromatic heterocycles. The second kappa shape index (κ2) is 13.7. The standard InChI is InChI=1S/C31H32FN3O6S2/c1-43(38,39)34-19-17-33(18-20-34)16-2-3-21-40-26-14-8-25(9-15-26)35-30(36)29(42-31(35)37)22-23-4-10-27(11-5-23)41-28-12-6-24(32)7-13-28/h4-15,22H,2-3,16-21H2,1H3/b29-22-. The third kappa shape index (κ3) is 8.23. The normalized spacial score (nSPS) is 17.5. The number of carbonyl (C=O) groups excluding carboxylic acids is 2. The lowest BCUT2D eigenvalue weighted by Crippen LogP contribution is -2.48. The fraction of sp³-hybridized carbons (Fsp3) is 0.290. The van der Waals surface area contributed by atoms with Crippen molar-refractivity contribution in [1.29, 1.82) is 0 Å². The molecule has 0 atom stereocenters. The van der Waals surface area contributed by atoms with Crippen molar-refractivity contribution in [2.75, 3.05) is 50.5 Å². The predicted molar refractivity (Wildman–Crippen MR) is 165 cm³/mol. The van der Waals surface area contributed by atoms with Gasteiger partial charge in [0.15, 0.2) is 0 Å². The quantitative estimate of drug-likeness (QED) is 0.201. The number of anilines is 1. The maximum atomic E-state index is 13.1. The third-order valence-corrected chi connectivity index (χ3v) is 9.23. The number of carbonyl (C=O) groups is 2. The Labute approximate surface area is 254 Å². The smallest absolute Gasteiger partial charge is 0.298 e. The molecule has 5 rings (SSSR count). The second-order valence-corrected chi connectivity index (χ2v) is 13.2. The maximum Gasteiger partial charge on any atom is 0.298 e. The third-order valence-electron chi connectivity index (χ3n) is 7.05.